The smallest absolute Gasteiger partial charge is 0.396 e. The van der Waals surface area contributed by atoms with Crippen LogP contribution >= 0.6 is 11.3 Å². The molecule has 0 spiro atoms. The molecule has 5 heteroatoms. The molecule has 1 aromatic heterocycles. The molecule has 0 aliphatic rings. The summed E-state index contributed by atoms with van der Waals surface area (Å²) in [6, 6.07) is 2.87. The molecule has 0 saturated heterocycles. The fraction of sp³-hybridized carbons (Fsp3) is 0.125. The number of aliphatic hydroxyl groups is 1. The predicted octanol–water partition coefficient (Wildman–Crippen LogP) is 1.05. The number of phenols is 1. The van der Waals surface area contributed by atoms with Crippen LogP contribution in [0.3, 0.4) is 0 Å². The van der Waals surface area contributed by atoms with E-state index in [0.29, 0.717) is 15.8 Å². The minimum Gasteiger partial charge on any atom is -0.508 e. The van der Waals surface area contributed by atoms with Crippen LogP contribution in [0.4, 0.5) is 0 Å². The molecule has 13 heavy (non-hydrogen) atoms. The normalized spacial score (nSPS) is 10.8. The maximum absolute atomic E-state index is 10.8. The van der Waals surface area contributed by atoms with Gasteiger partial charge in [-0.05, 0) is 6.07 Å². The van der Waals surface area contributed by atoms with E-state index in [4.69, 9.17) is 9.52 Å². The second-order valence-electron chi connectivity index (χ2n) is 2.54. The van der Waals surface area contributed by atoms with Crippen LogP contribution in [0.5, 0.6) is 5.75 Å². The standard InChI is InChI=1S/C8H6O4S/c9-3-4-1-6-7(2-5(4)10)13-8(11)12-6/h1-2,9-10H,3H2. The van der Waals surface area contributed by atoms with Crippen molar-refractivity contribution in [3.05, 3.63) is 27.4 Å². The first-order valence-electron chi connectivity index (χ1n) is 3.57. The zero-order valence-corrected chi connectivity index (χ0v) is 7.30. The summed E-state index contributed by atoms with van der Waals surface area (Å²) in [5.74, 6) is -0.0212. The molecule has 1 heterocycles. The summed E-state index contributed by atoms with van der Waals surface area (Å²) in [5.41, 5.74) is 0.755. The van der Waals surface area contributed by atoms with Gasteiger partial charge in [-0.3, -0.25) is 0 Å². The van der Waals surface area contributed by atoms with Crippen LogP contribution in [0.2, 0.25) is 0 Å². The average Bonchev–Trinajstić information content (AvgIpc) is 2.42. The molecule has 0 fully saturated rings. The molecular weight excluding hydrogens is 192 g/mol. The van der Waals surface area contributed by atoms with Gasteiger partial charge in [-0.25, -0.2) is 4.79 Å². The van der Waals surface area contributed by atoms with E-state index in [-0.39, 0.29) is 12.4 Å². The fourth-order valence-electron chi connectivity index (χ4n) is 1.08. The molecule has 0 radical (unpaired) electrons. The van der Waals surface area contributed by atoms with E-state index in [9.17, 15) is 9.90 Å². The third-order valence-corrected chi connectivity index (χ3v) is 2.49. The predicted molar refractivity (Wildman–Crippen MR) is 47.9 cm³/mol. The lowest BCUT2D eigenvalue weighted by atomic mass is 10.2. The van der Waals surface area contributed by atoms with Crippen molar-refractivity contribution >= 4 is 21.6 Å². The minimum absolute atomic E-state index is 0.0212. The molecule has 2 rings (SSSR count). The average molecular weight is 198 g/mol. The summed E-state index contributed by atoms with van der Waals surface area (Å²) in [7, 11) is 0. The van der Waals surface area contributed by atoms with Gasteiger partial charge >= 0.3 is 4.94 Å². The zero-order valence-electron chi connectivity index (χ0n) is 6.48. The summed E-state index contributed by atoms with van der Waals surface area (Å²) in [5, 5.41) is 18.1. The zero-order chi connectivity index (χ0) is 9.42. The topological polar surface area (TPSA) is 70.7 Å². The first-order valence-corrected chi connectivity index (χ1v) is 4.39. The van der Waals surface area contributed by atoms with Crippen molar-refractivity contribution in [3.63, 3.8) is 0 Å². The Kier molecular flexibility index (Phi) is 1.82. The molecule has 0 aliphatic carbocycles. The Morgan fingerprint density at radius 1 is 1.46 bits per heavy atom. The van der Waals surface area contributed by atoms with E-state index in [1.54, 1.807) is 0 Å². The van der Waals surface area contributed by atoms with E-state index >= 15 is 0 Å². The number of hydrogen-bond donors (Lipinski definition) is 2. The second kappa shape index (κ2) is 2.86. The van der Waals surface area contributed by atoms with Crippen molar-refractivity contribution < 1.29 is 14.6 Å². The maximum atomic E-state index is 10.8. The van der Waals surface area contributed by atoms with Crippen molar-refractivity contribution in [1.29, 1.82) is 0 Å². The number of aliphatic hydroxyl groups excluding tert-OH is 1. The van der Waals surface area contributed by atoms with Gasteiger partial charge in [-0.1, -0.05) is 11.3 Å². The SMILES string of the molecule is O=c1oc2cc(CO)c(O)cc2s1. The van der Waals surface area contributed by atoms with Crippen molar-refractivity contribution in [1.82, 2.24) is 0 Å². The van der Waals surface area contributed by atoms with Gasteiger partial charge in [0.2, 0.25) is 0 Å². The highest BCUT2D eigenvalue weighted by molar-refractivity contribution is 7.16. The first-order chi connectivity index (χ1) is 6.20. The Labute approximate surface area is 76.7 Å². The quantitative estimate of drug-likeness (QED) is 0.718. The molecule has 0 aliphatic heterocycles. The second-order valence-corrected chi connectivity index (χ2v) is 3.52. The molecule has 2 N–H and O–H groups in total. The summed E-state index contributed by atoms with van der Waals surface area (Å²) in [6.45, 7) is -0.276. The van der Waals surface area contributed by atoms with Crippen molar-refractivity contribution in [2.75, 3.05) is 0 Å². The van der Waals surface area contributed by atoms with Crippen molar-refractivity contribution in [2.24, 2.45) is 0 Å². The van der Waals surface area contributed by atoms with Crippen molar-refractivity contribution in [2.45, 2.75) is 6.61 Å². The molecule has 68 valence electrons. The fourth-order valence-corrected chi connectivity index (χ4v) is 1.76. The van der Waals surface area contributed by atoms with E-state index in [1.807, 2.05) is 0 Å². The lowest BCUT2D eigenvalue weighted by molar-refractivity contribution is 0.275. The Bertz CT molecular complexity index is 496. The number of rotatable bonds is 1. The van der Waals surface area contributed by atoms with Gasteiger partial charge < -0.3 is 14.6 Å². The molecule has 4 nitrogen and oxygen atoms in total. The lowest BCUT2D eigenvalue weighted by Crippen LogP contribution is -1.83. The van der Waals surface area contributed by atoms with Crippen LogP contribution in [0, 0.1) is 0 Å². The molecule has 0 atom stereocenters. The van der Waals surface area contributed by atoms with Crippen LogP contribution in [-0.2, 0) is 6.61 Å². The summed E-state index contributed by atoms with van der Waals surface area (Å²) in [6.07, 6.45) is 0. The van der Waals surface area contributed by atoms with Gasteiger partial charge in [-0.15, -0.1) is 0 Å². The molecule has 0 amide bonds. The largest absolute Gasteiger partial charge is 0.508 e. The summed E-state index contributed by atoms with van der Waals surface area (Å²) in [4.78, 5) is 10.4. The van der Waals surface area contributed by atoms with Gasteiger partial charge in [0.15, 0.2) is 0 Å². The Morgan fingerprint density at radius 2 is 2.23 bits per heavy atom. The van der Waals surface area contributed by atoms with Gasteiger partial charge in [0.25, 0.3) is 0 Å². The Hall–Kier alpha value is -1.33. The van der Waals surface area contributed by atoms with Gasteiger partial charge in [0.05, 0.1) is 11.3 Å². The summed E-state index contributed by atoms with van der Waals surface area (Å²) < 4.78 is 5.39. The Morgan fingerprint density at radius 3 is 2.92 bits per heavy atom. The third kappa shape index (κ3) is 1.32. The van der Waals surface area contributed by atoms with E-state index in [1.165, 1.54) is 12.1 Å². The first kappa shape index (κ1) is 8.28. The van der Waals surface area contributed by atoms with Crippen LogP contribution in [0.25, 0.3) is 10.3 Å². The third-order valence-electron chi connectivity index (χ3n) is 1.70. The lowest BCUT2D eigenvalue weighted by Gasteiger charge is -1.98. The highest BCUT2D eigenvalue weighted by atomic mass is 32.1. The number of fused-ring (bicyclic) bond motifs is 1. The van der Waals surface area contributed by atoms with Crippen molar-refractivity contribution in [3.8, 4) is 5.75 Å². The molecule has 0 saturated carbocycles. The van der Waals surface area contributed by atoms with Crippen LogP contribution in [0.15, 0.2) is 21.3 Å². The van der Waals surface area contributed by atoms with Gasteiger partial charge in [-0.2, -0.15) is 0 Å². The molecule has 2 aromatic rings. The Balaban J connectivity index is 2.80. The summed E-state index contributed by atoms with van der Waals surface area (Å²) >= 11 is 0.922. The van der Waals surface area contributed by atoms with E-state index in [0.717, 1.165) is 11.3 Å². The van der Waals surface area contributed by atoms with Crippen LogP contribution in [0.1, 0.15) is 5.56 Å². The maximum Gasteiger partial charge on any atom is 0.396 e. The molecule has 0 bridgehead atoms. The minimum atomic E-state index is -0.413. The van der Waals surface area contributed by atoms with E-state index < -0.39 is 4.94 Å². The highest BCUT2D eigenvalue weighted by Gasteiger charge is 2.07. The van der Waals surface area contributed by atoms with E-state index in [2.05, 4.69) is 0 Å². The number of benzene rings is 1. The molecular formula is C8H6O4S. The number of hydrogen-bond acceptors (Lipinski definition) is 5. The number of aromatic hydroxyl groups is 1. The van der Waals surface area contributed by atoms with Gasteiger partial charge in [0, 0.05) is 11.6 Å². The van der Waals surface area contributed by atoms with Gasteiger partial charge in [0.1, 0.15) is 11.3 Å². The highest BCUT2D eigenvalue weighted by Crippen LogP contribution is 2.26. The van der Waals surface area contributed by atoms with Crippen LogP contribution in [-0.4, -0.2) is 10.2 Å². The molecule has 1 aromatic carbocycles. The monoisotopic (exact) mass is 198 g/mol. The molecule has 0 unspecified atom stereocenters. The van der Waals surface area contributed by atoms with Crippen LogP contribution < -0.4 is 4.94 Å².